The van der Waals surface area contributed by atoms with Gasteiger partial charge in [0, 0.05) is 23.5 Å². The SMILES string of the molecule is Cc1ccc(NC(=O)c2ccnc(F)c2F)cc1[N+](=O)[O-]. The first-order chi connectivity index (χ1) is 9.90. The highest BCUT2D eigenvalue weighted by Crippen LogP contribution is 2.23. The van der Waals surface area contributed by atoms with Gasteiger partial charge in [-0.15, -0.1) is 0 Å². The third-order valence-electron chi connectivity index (χ3n) is 2.75. The molecule has 108 valence electrons. The number of hydrogen-bond donors (Lipinski definition) is 1. The van der Waals surface area contributed by atoms with Crippen LogP contribution < -0.4 is 5.32 Å². The van der Waals surface area contributed by atoms with Crippen molar-refractivity contribution in [1.82, 2.24) is 4.98 Å². The van der Waals surface area contributed by atoms with Crippen molar-refractivity contribution in [2.75, 3.05) is 5.32 Å². The normalized spacial score (nSPS) is 10.2. The lowest BCUT2D eigenvalue weighted by molar-refractivity contribution is -0.385. The number of nitrogens with one attached hydrogen (secondary N) is 1. The molecule has 0 aliphatic rings. The summed E-state index contributed by atoms with van der Waals surface area (Å²) in [6, 6.07) is 5.02. The Morgan fingerprint density at radius 1 is 1.33 bits per heavy atom. The van der Waals surface area contributed by atoms with Crippen LogP contribution in [0.5, 0.6) is 0 Å². The zero-order chi connectivity index (χ0) is 15.6. The van der Waals surface area contributed by atoms with Gasteiger partial charge >= 0.3 is 0 Å². The molecule has 0 atom stereocenters. The van der Waals surface area contributed by atoms with Crippen LogP contribution >= 0.6 is 0 Å². The molecule has 0 fully saturated rings. The fourth-order valence-electron chi connectivity index (χ4n) is 1.68. The van der Waals surface area contributed by atoms with Crippen molar-refractivity contribution in [3.63, 3.8) is 0 Å². The standard InChI is InChI=1S/C13H9F2N3O3/c1-7-2-3-8(6-10(7)18(20)21)17-13(19)9-4-5-16-12(15)11(9)14/h2-6H,1H3,(H,17,19). The number of aryl methyl sites for hydroxylation is 1. The highest BCUT2D eigenvalue weighted by Gasteiger charge is 2.17. The average Bonchev–Trinajstić information content (AvgIpc) is 2.43. The van der Waals surface area contributed by atoms with Crippen LogP contribution in [0.15, 0.2) is 30.5 Å². The number of anilines is 1. The Bertz CT molecular complexity index is 735. The van der Waals surface area contributed by atoms with Gasteiger partial charge < -0.3 is 5.32 Å². The molecular formula is C13H9F2N3O3. The molecule has 6 nitrogen and oxygen atoms in total. The van der Waals surface area contributed by atoms with Gasteiger partial charge in [-0.3, -0.25) is 14.9 Å². The van der Waals surface area contributed by atoms with Gasteiger partial charge in [0.05, 0.1) is 10.5 Å². The molecule has 21 heavy (non-hydrogen) atoms. The van der Waals surface area contributed by atoms with Crippen molar-refractivity contribution >= 4 is 17.3 Å². The Morgan fingerprint density at radius 3 is 2.71 bits per heavy atom. The molecule has 1 N–H and O–H groups in total. The number of halogens is 2. The fourth-order valence-corrected chi connectivity index (χ4v) is 1.68. The van der Waals surface area contributed by atoms with E-state index in [4.69, 9.17) is 0 Å². The van der Waals surface area contributed by atoms with Gasteiger partial charge in [-0.1, -0.05) is 6.07 Å². The van der Waals surface area contributed by atoms with E-state index < -0.39 is 28.2 Å². The Morgan fingerprint density at radius 2 is 2.05 bits per heavy atom. The monoisotopic (exact) mass is 293 g/mol. The average molecular weight is 293 g/mol. The maximum absolute atomic E-state index is 13.4. The van der Waals surface area contributed by atoms with Gasteiger partial charge in [-0.25, -0.2) is 9.37 Å². The second-order valence-electron chi connectivity index (χ2n) is 4.18. The molecule has 2 rings (SSSR count). The molecule has 0 bridgehead atoms. The Hall–Kier alpha value is -2.90. The third-order valence-corrected chi connectivity index (χ3v) is 2.75. The molecule has 1 aromatic heterocycles. The fraction of sp³-hybridized carbons (Fsp3) is 0.0769. The number of rotatable bonds is 3. The molecule has 0 unspecified atom stereocenters. The quantitative estimate of drug-likeness (QED) is 0.535. The van der Waals surface area contributed by atoms with Crippen LogP contribution in [0, 0.1) is 28.8 Å². The van der Waals surface area contributed by atoms with Gasteiger partial charge in [0.25, 0.3) is 11.6 Å². The van der Waals surface area contributed by atoms with Crippen LogP contribution in [0.4, 0.5) is 20.2 Å². The highest BCUT2D eigenvalue weighted by molar-refractivity contribution is 6.04. The molecule has 1 amide bonds. The Labute approximate surface area is 117 Å². The summed E-state index contributed by atoms with van der Waals surface area (Å²) in [4.78, 5) is 25.1. The minimum atomic E-state index is -1.39. The minimum Gasteiger partial charge on any atom is -0.322 e. The van der Waals surface area contributed by atoms with E-state index in [1.54, 1.807) is 6.92 Å². The number of benzene rings is 1. The molecule has 0 spiro atoms. The molecule has 1 heterocycles. The summed E-state index contributed by atoms with van der Waals surface area (Å²) < 4.78 is 26.4. The number of nitro benzene ring substituents is 1. The lowest BCUT2D eigenvalue weighted by Gasteiger charge is -2.07. The van der Waals surface area contributed by atoms with E-state index in [0.717, 1.165) is 18.3 Å². The van der Waals surface area contributed by atoms with E-state index in [1.165, 1.54) is 12.1 Å². The summed E-state index contributed by atoms with van der Waals surface area (Å²) in [6.07, 6.45) is 0.949. The van der Waals surface area contributed by atoms with Crippen molar-refractivity contribution in [3.05, 3.63) is 63.5 Å². The smallest absolute Gasteiger partial charge is 0.274 e. The lowest BCUT2D eigenvalue weighted by Crippen LogP contribution is -2.15. The molecule has 8 heteroatoms. The zero-order valence-corrected chi connectivity index (χ0v) is 10.8. The van der Waals surface area contributed by atoms with Crippen molar-refractivity contribution in [3.8, 4) is 0 Å². The van der Waals surface area contributed by atoms with Crippen molar-refractivity contribution in [2.24, 2.45) is 0 Å². The second-order valence-corrected chi connectivity index (χ2v) is 4.18. The van der Waals surface area contributed by atoms with Gasteiger partial charge in [-0.2, -0.15) is 4.39 Å². The molecule has 1 aromatic carbocycles. The van der Waals surface area contributed by atoms with E-state index >= 15 is 0 Å². The predicted octanol–water partition coefficient (Wildman–Crippen LogP) is 2.83. The molecule has 2 aromatic rings. The van der Waals surface area contributed by atoms with Gasteiger partial charge in [0.2, 0.25) is 5.95 Å². The first-order valence-electron chi connectivity index (χ1n) is 5.76. The lowest BCUT2D eigenvalue weighted by atomic mass is 10.1. The first-order valence-corrected chi connectivity index (χ1v) is 5.76. The number of carbonyl (C=O) groups excluding carboxylic acids is 1. The molecule has 0 radical (unpaired) electrons. The third kappa shape index (κ3) is 2.99. The van der Waals surface area contributed by atoms with Crippen LogP contribution in [0.1, 0.15) is 15.9 Å². The van der Waals surface area contributed by atoms with Crippen LogP contribution in [0.25, 0.3) is 0 Å². The molecule has 0 aliphatic heterocycles. The number of aromatic nitrogens is 1. The summed E-state index contributed by atoms with van der Waals surface area (Å²) in [5, 5.41) is 13.1. The molecule has 0 aliphatic carbocycles. The van der Waals surface area contributed by atoms with E-state index in [2.05, 4.69) is 10.3 Å². The maximum atomic E-state index is 13.4. The van der Waals surface area contributed by atoms with Crippen molar-refractivity contribution in [2.45, 2.75) is 6.92 Å². The number of amides is 1. The molecule has 0 saturated carbocycles. The van der Waals surface area contributed by atoms with Crippen LogP contribution in [0.3, 0.4) is 0 Å². The van der Waals surface area contributed by atoms with Crippen molar-refractivity contribution in [1.29, 1.82) is 0 Å². The largest absolute Gasteiger partial charge is 0.322 e. The van der Waals surface area contributed by atoms with E-state index in [9.17, 15) is 23.7 Å². The number of nitrogens with zero attached hydrogens (tertiary/aromatic N) is 2. The van der Waals surface area contributed by atoms with E-state index in [-0.39, 0.29) is 11.4 Å². The highest BCUT2D eigenvalue weighted by atomic mass is 19.2. The number of nitro groups is 1. The molecular weight excluding hydrogens is 284 g/mol. The predicted molar refractivity (Wildman–Crippen MR) is 69.9 cm³/mol. The summed E-state index contributed by atoms with van der Waals surface area (Å²) in [7, 11) is 0. The summed E-state index contributed by atoms with van der Waals surface area (Å²) in [5.74, 6) is -3.69. The first kappa shape index (κ1) is 14.5. The summed E-state index contributed by atoms with van der Waals surface area (Å²) in [6.45, 7) is 1.54. The zero-order valence-electron chi connectivity index (χ0n) is 10.8. The topological polar surface area (TPSA) is 85.1 Å². The van der Waals surface area contributed by atoms with Crippen molar-refractivity contribution < 1.29 is 18.5 Å². The number of hydrogen-bond acceptors (Lipinski definition) is 4. The Kier molecular flexibility index (Phi) is 3.88. The Balaban J connectivity index is 2.30. The van der Waals surface area contributed by atoms with Gasteiger partial charge in [-0.05, 0) is 19.1 Å². The van der Waals surface area contributed by atoms with Gasteiger partial charge in [0.15, 0.2) is 5.82 Å². The molecule has 0 saturated heterocycles. The summed E-state index contributed by atoms with van der Waals surface area (Å²) >= 11 is 0. The van der Waals surface area contributed by atoms with Crippen LogP contribution in [-0.2, 0) is 0 Å². The van der Waals surface area contributed by atoms with E-state index in [1.807, 2.05) is 0 Å². The van der Waals surface area contributed by atoms with Gasteiger partial charge in [0.1, 0.15) is 0 Å². The second kappa shape index (κ2) is 5.61. The van der Waals surface area contributed by atoms with Crippen LogP contribution in [0.2, 0.25) is 0 Å². The summed E-state index contributed by atoms with van der Waals surface area (Å²) in [5.41, 5.74) is -0.201. The maximum Gasteiger partial charge on any atom is 0.274 e. The van der Waals surface area contributed by atoms with E-state index in [0.29, 0.717) is 5.56 Å². The van der Waals surface area contributed by atoms with Crippen LogP contribution in [-0.4, -0.2) is 15.8 Å². The minimum absolute atomic E-state index is 0.105. The number of carbonyl (C=O) groups is 1. The number of pyridine rings is 1.